The van der Waals surface area contributed by atoms with E-state index in [1.165, 1.54) is 0 Å². The molecule has 52 valence electrons. The van der Waals surface area contributed by atoms with Gasteiger partial charge in [-0.15, -0.1) is 0 Å². The van der Waals surface area contributed by atoms with Gasteiger partial charge in [0.25, 0.3) is 0 Å². The first kappa shape index (κ1) is 7.77. The van der Waals surface area contributed by atoms with Crippen molar-refractivity contribution in [3.8, 4) is 0 Å². The number of aliphatic hydroxyl groups excluding tert-OH is 3. The molecule has 0 aliphatic rings. The lowest BCUT2D eigenvalue weighted by molar-refractivity contribution is -0.136. The Balaban J connectivity index is 4.28. The molecule has 0 aromatic heterocycles. The Morgan fingerprint density at radius 2 is 1.67 bits per heavy atom. The minimum Gasteiger partial charge on any atom is -0.506 e. The Morgan fingerprint density at radius 1 is 1.22 bits per heavy atom. The Labute approximate surface area is 50.5 Å². The van der Waals surface area contributed by atoms with Gasteiger partial charge in [-0.1, -0.05) is 0 Å². The summed E-state index contributed by atoms with van der Waals surface area (Å²) in [5, 5.41) is 32.5. The molecule has 5 nitrogen and oxygen atoms in total. The van der Waals surface area contributed by atoms with Crippen LogP contribution in [0.15, 0.2) is 11.5 Å². The fraction of sp³-hybridized carbons (Fsp3) is 0.250. The number of carboxylic acid groups (broad SMARTS) is 1. The normalized spacial score (nSPS) is 12.6. The topological polar surface area (TPSA) is 98.0 Å². The second-order valence-corrected chi connectivity index (χ2v) is 1.26. The third-order valence-electron chi connectivity index (χ3n) is 0.626. The van der Waals surface area contributed by atoms with Gasteiger partial charge >= 0.3 is 5.97 Å². The molecule has 0 radical (unpaired) electrons. The third kappa shape index (κ3) is 2.00. The Kier molecular flexibility index (Phi) is 2.53. The van der Waals surface area contributed by atoms with E-state index >= 15 is 0 Å². The molecule has 4 N–H and O–H groups in total. The van der Waals surface area contributed by atoms with Gasteiger partial charge in [-0.2, -0.15) is 0 Å². The van der Waals surface area contributed by atoms with E-state index in [0.717, 1.165) is 0 Å². The quantitative estimate of drug-likeness (QED) is 0.298. The van der Waals surface area contributed by atoms with Crippen LogP contribution in [0.2, 0.25) is 0 Å². The maximum absolute atomic E-state index is 9.72. The highest BCUT2D eigenvalue weighted by molar-refractivity contribution is 5.84. The van der Waals surface area contributed by atoms with E-state index in [2.05, 4.69) is 0 Å². The summed E-state index contributed by atoms with van der Waals surface area (Å²) in [5.74, 6) is -3.83. The van der Waals surface area contributed by atoms with E-state index in [1.807, 2.05) is 0 Å². The molecule has 0 fully saturated rings. The fourth-order valence-electron chi connectivity index (χ4n) is 0.198. The van der Waals surface area contributed by atoms with Crippen molar-refractivity contribution < 1.29 is 25.2 Å². The molecule has 0 aliphatic carbocycles. The van der Waals surface area contributed by atoms with Crippen molar-refractivity contribution in [1.29, 1.82) is 0 Å². The number of carboxylic acids is 1. The molecule has 5 heteroatoms. The maximum atomic E-state index is 9.72. The lowest BCUT2D eigenvalue weighted by Crippen LogP contribution is -2.05. The summed E-state index contributed by atoms with van der Waals surface area (Å²) in [6, 6.07) is 0. The number of aliphatic hydroxyl groups is 3. The Hall–Kier alpha value is -1.23. The second-order valence-electron chi connectivity index (χ2n) is 1.26. The van der Waals surface area contributed by atoms with Crippen LogP contribution in [-0.2, 0) is 4.79 Å². The van der Waals surface area contributed by atoms with Gasteiger partial charge in [-0.3, -0.25) is 0 Å². The molecular formula is C4H6O5. The highest BCUT2D eigenvalue weighted by atomic mass is 16.4. The van der Waals surface area contributed by atoms with Crippen LogP contribution >= 0.6 is 0 Å². The molecule has 0 atom stereocenters. The van der Waals surface area contributed by atoms with E-state index in [0.29, 0.717) is 0 Å². The molecule has 0 heterocycles. The molecule has 0 saturated carbocycles. The minimum atomic E-state index is -1.67. The summed E-state index contributed by atoms with van der Waals surface area (Å²) >= 11 is 0. The molecule has 0 aliphatic heterocycles. The van der Waals surface area contributed by atoms with Gasteiger partial charge in [0.05, 0.1) is 0 Å². The van der Waals surface area contributed by atoms with Crippen LogP contribution in [-0.4, -0.2) is 33.0 Å². The van der Waals surface area contributed by atoms with Crippen molar-refractivity contribution in [2.75, 3.05) is 6.61 Å². The van der Waals surface area contributed by atoms with E-state index in [4.69, 9.17) is 20.4 Å². The Bertz CT molecular complexity index is 147. The van der Waals surface area contributed by atoms with Crippen LogP contribution in [0.1, 0.15) is 0 Å². The van der Waals surface area contributed by atoms with Gasteiger partial charge in [0.2, 0.25) is 5.76 Å². The van der Waals surface area contributed by atoms with Crippen molar-refractivity contribution in [3.63, 3.8) is 0 Å². The van der Waals surface area contributed by atoms with Gasteiger partial charge in [-0.05, 0) is 0 Å². The van der Waals surface area contributed by atoms with Gasteiger partial charge < -0.3 is 20.4 Å². The number of hydrogen-bond acceptors (Lipinski definition) is 4. The molecule has 0 rings (SSSR count). The predicted octanol–water partition coefficient (Wildman–Crippen LogP) is -0.609. The van der Waals surface area contributed by atoms with Crippen molar-refractivity contribution in [3.05, 3.63) is 11.5 Å². The van der Waals surface area contributed by atoms with Crippen molar-refractivity contribution in [1.82, 2.24) is 0 Å². The van der Waals surface area contributed by atoms with E-state index < -0.39 is 24.1 Å². The molecule has 0 spiro atoms. The summed E-state index contributed by atoms with van der Waals surface area (Å²) < 4.78 is 0. The third-order valence-corrected chi connectivity index (χ3v) is 0.626. The van der Waals surface area contributed by atoms with Crippen molar-refractivity contribution in [2.24, 2.45) is 0 Å². The van der Waals surface area contributed by atoms with Crippen LogP contribution < -0.4 is 0 Å². The van der Waals surface area contributed by atoms with Gasteiger partial charge in [-0.25, -0.2) is 4.79 Å². The van der Waals surface area contributed by atoms with Crippen LogP contribution in [0, 0.1) is 0 Å². The molecule has 0 bridgehead atoms. The van der Waals surface area contributed by atoms with Crippen LogP contribution in [0.25, 0.3) is 0 Å². The molecule has 0 amide bonds. The number of rotatable bonds is 2. The lowest BCUT2D eigenvalue weighted by Gasteiger charge is -1.93. The zero-order valence-electron chi connectivity index (χ0n) is 4.40. The van der Waals surface area contributed by atoms with E-state index in [9.17, 15) is 4.79 Å². The summed E-state index contributed by atoms with van der Waals surface area (Å²) in [7, 11) is 0. The molecular weight excluding hydrogens is 128 g/mol. The van der Waals surface area contributed by atoms with Gasteiger partial charge in [0.1, 0.15) is 6.61 Å². The zero-order valence-corrected chi connectivity index (χ0v) is 4.40. The first-order valence-corrected chi connectivity index (χ1v) is 2.04. The van der Waals surface area contributed by atoms with E-state index in [-0.39, 0.29) is 0 Å². The molecule has 9 heavy (non-hydrogen) atoms. The van der Waals surface area contributed by atoms with Crippen LogP contribution in [0.4, 0.5) is 0 Å². The number of hydrogen-bond donors (Lipinski definition) is 4. The maximum Gasteiger partial charge on any atom is 0.374 e. The average Bonchev–Trinajstić information content (AvgIpc) is 1.84. The highest BCUT2D eigenvalue weighted by Gasteiger charge is 2.09. The van der Waals surface area contributed by atoms with Crippen molar-refractivity contribution in [2.45, 2.75) is 0 Å². The summed E-state index contributed by atoms with van der Waals surface area (Å²) in [6.07, 6.45) is 0. The van der Waals surface area contributed by atoms with Crippen LogP contribution in [0.5, 0.6) is 0 Å². The summed E-state index contributed by atoms with van der Waals surface area (Å²) in [5.41, 5.74) is 0. The van der Waals surface area contributed by atoms with Gasteiger partial charge in [0.15, 0.2) is 5.76 Å². The lowest BCUT2D eigenvalue weighted by atomic mass is 10.4. The van der Waals surface area contributed by atoms with E-state index in [1.54, 1.807) is 0 Å². The SMILES string of the molecule is O=C(O)/C(O)=C(/O)CO. The first-order chi connectivity index (χ1) is 4.09. The fourth-order valence-corrected chi connectivity index (χ4v) is 0.198. The highest BCUT2D eigenvalue weighted by Crippen LogP contribution is 1.94. The average molecular weight is 134 g/mol. The number of carbonyl (C=O) groups is 1. The zero-order chi connectivity index (χ0) is 7.44. The Morgan fingerprint density at radius 3 is 1.78 bits per heavy atom. The van der Waals surface area contributed by atoms with Crippen molar-refractivity contribution >= 4 is 5.97 Å². The smallest absolute Gasteiger partial charge is 0.374 e. The van der Waals surface area contributed by atoms with Crippen LogP contribution in [0.3, 0.4) is 0 Å². The minimum absolute atomic E-state index is 0.877. The first-order valence-electron chi connectivity index (χ1n) is 2.04. The molecule has 0 unspecified atom stereocenters. The molecule has 0 saturated heterocycles. The summed E-state index contributed by atoms with van der Waals surface area (Å²) in [6.45, 7) is -0.877. The number of aliphatic carboxylic acids is 1. The largest absolute Gasteiger partial charge is 0.506 e. The summed E-state index contributed by atoms with van der Waals surface area (Å²) in [4.78, 5) is 9.72. The van der Waals surface area contributed by atoms with Gasteiger partial charge in [0, 0.05) is 0 Å². The predicted molar refractivity (Wildman–Crippen MR) is 27.0 cm³/mol. The molecule has 0 aromatic carbocycles. The monoisotopic (exact) mass is 134 g/mol. The second kappa shape index (κ2) is 2.93. The standard InChI is InChI=1S/C4H6O5/c5-1-2(6)3(7)4(8)9/h5-7H,1H2,(H,8,9)/b3-2-. The molecule has 0 aromatic rings.